The maximum atomic E-state index is 12.9. The molecule has 32 heavy (non-hydrogen) atoms. The van der Waals surface area contributed by atoms with Crippen LogP contribution in [0.1, 0.15) is 75.6 Å². The normalized spacial score (nSPS) is 17.5. The lowest BCUT2D eigenvalue weighted by molar-refractivity contribution is -0.112. The van der Waals surface area contributed by atoms with Crippen LogP contribution in [0.25, 0.3) is 6.08 Å². The molecule has 0 aromatic heterocycles. The number of nitrogens with one attached hydrogen (secondary N) is 1. The monoisotopic (exact) mass is 429 g/mol. The Balaban J connectivity index is 1.98. The first-order valence-electron chi connectivity index (χ1n) is 11.6. The van der Waals surface area contributed by atoms with Crippen molar-refractivity contribution >= 4 is 23.4 Å². The molecule has 0 spiro atoms. The van der Waals surface area contributed by atoms with Gasteiger partial charge < -0.3 is 10.2 Å². The van der Waals surface area contributed by atoms with Crippen LogP contribution in [-0.4, -0.2) is 18.0 Å². The molecule has 4 nitrogen and oxygen atoms in total. The van der Waals surface area contributed by atoms with Crippen LogP contribution in [0, 0.1) is 18.3 Å². The van der Waals surface area contributed by atoms with Gasteiger partial charge in [0.1, 0.15) is 11.6 Å². The van der Waals surface area contributed by atoms with Crippen molar-refractivity contribution in [1.29, 1.82) is 5.26 Å². The molecule has 2 aromatic rings. The van der Waals surface area contributed by atoms with Crippen molar-refractivity contribution < 1.29 is 4.79 Å². The summed E-state index contributed by atoms with van der Waals surface area (Å²) < 4.78 is 0. The maximum absolute atomic E-state index is 12.9. The number of carbonyl (C=O) groups excluding carboxylic acids is 1. The number of amides is 1. The molecule has 1 unspecified atom stereocenters. The van der Waals surface area contributed by atoms with Gasteiger partial charge in [0.25, 0.3) is 5.91 Å². The first-order chi connectivity index (χ1) is 15.2. The highest BCUT2D eigenvalue weighted by atomic mass is 16.1. The van der Waals surface area contributed by atoms with E-state index in [0.717, 1.165) is 48.2 Å². The zero-order valence-corrected chi connectivity index (χ0v) is 20.2. The molecule has 0 fully saturated rings. The third-order valence-electron chi connectivity index (χ3n) is 6.53. The van der Waals surface area contributed by atoms with Gasteiger partial charge >= 0.3 is 0 Å². The fraction of sp³-hybridized carbons (Fsp3) is 0.429. The van der Waals surface area contributed by atoms with Gasteiger partial charge in [-0.1, -0.05) is 39.0 Å². The van der Waals surface area contributed by atoms with Crippen molar-refractivity contribution in [2.45, 2.75) is 72.3 Å². The third-order valence-corrected chi connectivity index (χ3v) is 6.53. The second-order valence-corrected chi connectivity index (χ2v) is 9.47. The number of hydrogen-bond donors (Lipinski definition) is 1. The van der Waals surface area contributed by atoms with Crippen LogP contribution in [-0.2, 0) is 11.2 Å². The van der Waals surface area contributed by atoms with E-state index in [2.05, 4.69) is 63.0 Å². The van der Waals surface area contributed by atoms with E-state index in [-0.39, 0.29) is 17.0 Å². The van der Waals surface area contributed by atoms with Crippen LogP contribution in [0.4, 0.5) is 11.4 Å². The summed E-state index contributed by atoms with van der Waals surface area (Å²) in [5.74, 6) is 0.0453. The molecule has 1 atom stereocenters. The summed E-state index contributed by atoms with van der Waals surface area (Å²) in [6.07, 6.45) is 4.71. The van der Waals surface area contributed by atoms with Crippen molar-refractivity contribution in [3.63, 3.8) is 0 Å². The Morgan fingerprint density at radius 2 is 2.00 bits per heavy atom. The lowest BCUT2D eigenvalue weighted by Crippen LogP contribution is -2.48. The summed E-state index contributed by atoms with van der Waals surface area (Å²) in [5.41, 5.74) is 6.62. The van der Waals surface area contributed by atoms with E-state index < -0.39 is 0 Å². The fourth-order valence-corrected chi connectivity index (χ4v) is 4.90. The van der Waals surface area contributed by atoms with Gasteiger partial charge in [0.15, 0.2) is 0 Å². The highest BCUT2D eigenvalue weighted by molar-refractivity contribution is 6.10. The number of hydrogen-bond acceptors (Lipinski definition) is 3. The second-order valence-electron chi connectivity index (χ2n) is 9.47. The highest BCUT2D eigenvalue weighted by Crippen LogP contribution is 2.44. The molecular formula is C28H35N3O. The molecule has 0 saturated carbocycles. The van der Waals surface area contributed by atoms with E-state index in [0.29, 0.717) is 5.92 Å². The predicted molar refractivity (Wildman–Crippen MR) is 134 cm³/mol. The average molecular weight is 430 g/mol. The minimum absolute atomic E-state index is 0.108. The van der Waals surface area contributed by atoms with Crippen molar-refractivity contribution in [2.24, 2.45) is 0 Å². The van der Waals surface area contributed by atoms with Crippen molar-refractivity contribution in [1.82, 2.24) is 0 Å². The summed E-state index contributed by atoms with van der Waals surface area (Å²) in [7, 11) is 0. The number of aryl methyl sites for hydroxylation is 2. The van der Waals surface area contributed by atoms with Gasteiger partial charge in [-0.2, -0.15) is 5.26 Å². The zero-order valence-electron chi connectivity index (χ0n) is 20.2. The third kappa shape index (κ3) is 4.72. The topological polar surface area (TPSA) is 56.1 Å². The van der Waals surface area contributed by atoms with Crippen LogP contribution in [0.2, 0.25) is 0 Å². The molecule has 1 aliphatic rings. The lowest BCUT2D eigenvalue weighted by Gasteiger charge is -2.48. The molecule has 0 bridgehead atoms. The quantitative estimate of drug-likeness (QED) is 0.415. The summed E-state index contributed by atoms with van der Waals surface area (Å²) in [6.45, 7) is 14.2. The van der Waals surface area contributed by atoms with Gasteiger partial charge in [-0.15, -0.1) is 0 Å². The largest absolute Gasteiger partial charge is 0.366 e. The second kappa shape index (κ2) is 9.61. The molecule has 2 aromatic carbocycles. The molecular weight excluding hydrogens is 394 g/mol. The SMILES string of the molecule is CCCN1c2cc(C)c(/C=C(\C#N)C(=O)Nc3ccccc3CC)cc2C(C)CC1(C)C. The Morgan fingerprint density at radius 3 is 2.66 bits per heavy atom. The Morgan fingerprint density at radius 1 is 1.28 bits per heavy atom. The Hall–Kier alpha value is -3.06. The van der Waals surface area contributed by atoms with Crippen molar-refractivity contribution in [2.75, 3.05) is 16.8 Å². The molecule has 1 aliphatic heterocycles. The molecule has 0 aliphatic carbocycles. The molecule has 0 radical (unpaired) electrons. The van der Waals surface area contributed by atoms with E-state index >= 15 is 0 Å². The van der Waals surface area contributed by atoms with Crippen LogP contribution in [0.5, 0.6) is 0 Å². The molecule has 1 amide bonds. The zero-order chi connectivity index (χ0) is 23.5. The molecule has 0 saturated heterocycles. The van der Waals surface area contributed by atoms with Crippen LogP contribution >= 0.6 is 0 Å². The smallest absolute Gasteiger partial charge is 0.266 e. The van der Waals surface area contributed by atoms with Gasteiger partial charge in [-0.05, 0) is 92.5 Å². The minimum atomic E-state index is -0.368. The van der Waals surface area contributed by atoms with Crippen LogP contribution in [0.3, 0.4) is 0 Å². The average Bonchev–Trinajstić information content (AvgIpc) is 2.75. The Labute approximate surface area is 192 Å². The number of nitrogens with zero attached hydrogens (tertiary/aromatic N) is 2. The first-order valence-corrected chi connectivity index (χ1v) is 11.6. The number of rotatable bonds is 6. The van der Waals surface area contributed by atoms with Crippen LogP contribution in [0.15, 0.2) is 42.0 Å². The predicted octanol–water partition coefficient (Wildman–Crippen LogP) is 6.61. The van der Waals surface area contributed by atoms with E-state index in [1.807, 2.05) is 31.2 Å². The maximum Gasteiger partial charge on any atom is 0.266 e. The summed E-state index contributed by atoms with van der Waals surface area (Å²) in [6, 6.07) is 14.2. The van der Waals surface area contributed by atoms with E-state index in [1.54, 1.807) is 6.08 Å². The first kappa shape index (κ1) is 23.6. The van der Waals surface area contributed by atoms with E-state index in [9.17, 15) is 10.1 Å². The Kier molecular flexibility index (Phi) is 7.09. The lowest BCUT2D eigenvalue weighted by atomic mass is 9.78. The van der Waals surface area contributed by atoms with Gasteiger partial charge in [0.2, 0.25) is 0 Å². The standard InChI is InChI=1S/C28H35N3O/c1-7-13-31-26-14-19(3)22(16-24(26)20(4)17-28(31,5)6)15-23(18-29)27(32)30-25-12-10-9-11-21(25)8-2/h9-12,14-16,20H,7-8,13,17H2,1-6H3,(H,30,32)/b23-15+. The minimum Gasteiger partial charge on any atom is -0.366 e. The van der Waals surface area contributed by atoms with Crippen LogP contribution < -0.4 is 10.2 Å². The van der Waals surface area contributed by atoms with Gasteiger partial charge in [0.05, 0.1) is 0 Å². The van der Waals surface area contributed by atoms with Gasteiger partial charge in [0, 0.05) is 23.5 Å². The number of nitriles is 1. The summed E-state index contributed by atoms with van der Waals surface area (Å²) in [4.78, 5) is 15.4. The molecule has 4 heteroatoms. The number of carbonyl (C=O) groups is 1. The Bertz CT molecular complexity index is 1070. The van der Waals surface area contributed by atoms with E-state index in [1.165, 1.54) is 11.3 Å². The number of fused-ring (bicyclic) bond motifs is 1. The number of benzene rings is 2. The van der Waals surface area contributed by atoms with Gasteiger partial charge in [-0.3, -0.25) is 4.79 Å². The molecule has 168 valence electrons. The molecule has 1 heterocycles. The molecule has 1 N–H and O–H groups in total. The highest BCUT2D eigenvalue weighted by Gasteiger charge is 2.36. The van der Waals surface area contributed by atoms with Crippen molar-refractivity contribution in [3.8, 4) is 6.07 Å². The number of anilines is 2. The van der Waals surface area contributed by atoms with Crippen molar-refractivity contribution in [3.05, 3.63) is 64.2 Å². The van der Waals surface area contributed by atoms with E-state index in [4.69, 9.17) is 0 Å². The summed E-state index contributed by atoms with van der Waals surface area (Å²) in [5, 5.41) is 12.7. The van der Waals surface area contributed by atoms with Gasteiger partial charge in [-0.25, -0.2) is 0 Å². The summed E-state index contributed by atoms with van der Waals surface area (Å²) >= 11 is 0. The fourth-order valence-electron chi connectivity index (χ4n) is 4.90. The number of para-hydroxylation sites is 1. The molecule has 3 rings (SSSR count).